The summed E-state index contributed by atoms with van der Waals surface area (Å²) < 4.78 is 4.93. The number of hydrogen-bond donors (Lipinski definition) is 0. The van der Waals surface area contributed by atoms with Crippen LogP contribution in [-0.2, 0) is 9.53 Å². The van der Waals surface area contributed by atoms with Gasteiger partial charge in [-0.2, -0.15) is 0 Å². The highest BCUT2D eigenvalue weighted by Crippen LogP contribution is 2.24. The van der Waals surface area contributed by atoms with Crippen LogP contribution in [0.1, 0.15) is 13.3 Å². The van der Waals surface area contributed by atoms with Gasteiger partial charge in [0, 0.05) is 12.1 Å². The van der Waals surface area contributed by atoms with Gasteiger partial charge in [-0.3, -0.25) is 14.9 Å². The van der Waals surface area contributed by atoms with E-state index in [0.717, 1.165) is 4.90 Å². The van der Waals surface area contributed by atoms with Gasteiger partial charge in [-0.1, -0.05) is 0 Å². The SMILES string of the molecule is CC1CC(=O)N(c2ccc([N+](=O)[O-])cc2)C(=O)O1. The van der Waals surface area contributed by atoms with Crippen LogP contribution >= 0.6 is 0 Å². The first-order valence-corrected chi connectivity index (χ1v) is 5.27. The molecular formula is C11H10N2O5. The van der Waals surface area contributed by atoms with Crippen LogP contribution < -0.4 is 4.90 Å². The van der Waals surface area contributed by atoms with Gasteiger partial charge >= 0.3 is 6.09 Å². The molecule has 1 aromatic rings. The highest BCUT2D eigenvalue weighted by Gasteiger charge is 2.33. The number of carbonyl (C=O) groups is 2. The molecule has 7 heteroatoms. The average Bonchev–Trinajstić information content (AvgIpc) is 2.28. The van der Waals surface area contributed by atoms with Crippen molar-refractivity contribution in [3.63, 3.8) is 0 Å². The van der Waals surface area contributed by atoms with Gasteiger partial charge < -0.3 is 4.74 Å². The zero-order chi connectivity index (χ0) is 13.3. The number of nitrogens with zero attached hydrogens (tertiary/aromatic N) is 2. The molecule has 1 unspecified atom stereocenters. The number of nitro benzene ring substituents is 1. The number of ether oxygens (including phenoxy) is 1. The summed E-state index contributed by atoms with van der Waals surface area (Å²) in [6.45, 7) is 1.63. The fourth-order valence-electron chi connectivity index (χ4n) is 1.68. The molecule has 0 N–H and O–H groups in total. The largest absolute Gasteiger partial charge is 0.445 e. The number of non-ortho nitro benzene ring substituents is 1. The molecule has 1 heterocycles. The Morgan fingerprint density at radius 3 is 2.44 bits per heavy atom. The molecule has 1 aliphatic rings. The van der Waals surface area contributed by atoms with E-state index in [9.17, 15) is 19.7 Å². The van der Waals surface area contributed by atoms with Gasteiger partial charge in [0.25, 0.3) is 5.69 Å². The summed E-state index contributed by atoms with van der Waals surface area (Å²) in [5, 5.41) is 10.5. The molecule has 2 rings (SSSR count). The first-order chi connectivity index (χ1) is 8.49. The van der Waals surface area contributed by atoms with Crippen LogP contribution in [0.5, 0.6) is 0 Å². The molecule has 1 aliphatic heterocycles. The lowest BCUT2D eigenvalue weighted by atomic mass is 10.2. The van der Waals surface area contributed by atoms with E-state index < -0.39 is 17.1 Å². The monoisotopic (exact) mass is 250 g/mol. The Kier molecular flexibility index (Phi) is 2.97. The van der Waals surface area contributed by atoms with E-state index in [0.29, 0.717) is 0 Å². The third-order valence-corrected chi connectivity index (χ3v) is 2.51. The molecule has 0 saturated carbocycles. The number of anilines is 1. The Labute approximate surface area is 102 Å². The molecule has 1 saturated heterocycles. The quantitative estimate of drug-likeness (QED) is 0.590. The van der Waals surface area contributed by atoms with Crippen LogP contribution in [0.2, 0.25) is 0 Å². The molecule has 18 heavy (non-hydrogen) atoms. The van der Waals surface area contributed by atoms with Crippen LogP contribution in [-0.4, -0.2) is 23.0 Å². The summed E-state index contributed by atoms with van der Waals surface area (Å²) in [7, 11) is 0. The number of benzene rings is 1. The van der Waals surface area contributed by atoms with Crippen molar-refractivity contribution in [2.45, 2.75) is 19.4 Å². The van der Waals surface area contributed by atoms with Crippen molar-refractivity contribution < 1.29 is 19.2 Å². The van der Waals surface area contributed by atoms with E-state index in [2.05, 4.69) is 0 Å². The van der Waals surface area contributed by atoms with Crippen molar-refractivity contribution in [3.05, 3.63) is 34.4 Å². The summed E-state index contributed by atoms with van der Waals surface area (Å²) >= 11 is 0. The van der Waals surface area contributed by atoms with Gasteiger partial charge in [-0.15, -0.1) is 0 Å². The maximum absolute atomic E-state index is 11.7. The second kappa shape index (κ2) is 4.44. The van der Waals surface area contributed by atoms with Crippen LogP contribution in [0.3, 0.4) is 0 Å². The second-order valence-corrected chi connectivity index (χ2v) is 3.90. The minimum absolute atomic E-state index is 0.0999. The number of carbonyl (C=O) groups excluding carboxylic acids is 2. The van der Waals surface area contributed by atoms with Crippen LogP contribution in [0.4, 0.5) is 16.2 Å². The van der Waals surface area contributed by atoms with Gasteiger partial charge in [0.15, 0.2) is 0 Å². The smallest absolute Gasteiger partial charge is 0.421 e. The minimum atomic E-state index is -0.757. The van der Waals surface area contributed by atoms with Gasteiger partial charge in [0.2, 0.25) is 5.91 Å². The lowest BCUT2D eigenvalue weighted by Gasteiger charge is -2.28. The van der Waals surface area contributed by atoms with Crippen LogP contribution in [0, 0.1) is 10.1 Å². The Hall–Kier alpha value is -2.44. The topological polar surface area (TPSA) is 89.8 Å². The Morgan fingerprint density at radius 2 is 1.94 bits per heavy atom. The third-order valence-electron chi connectivity index (χ3n) is 2.51. The van der Waals surface area contributed by atoms with E-state index in [1.165, 1.54) is 24.3 Å². The van der Waals surface area contributed by atoms with E-state index in [1.54, 1.807) is 6.92 Å². The van der Waals surface area contributed by atoms with Crippen molar-refractivity contribution in [2.24, 2.45) is 0 Å². The van der Waals surface area contributed by atoms with E-state index in [-0.39, 0.29) is 23.7 Å². The zero-order valence-corrected chi connectivity index (χ0v) is 9.53. The number of hydrogen-bond acceptors (Lipinski definition) is 5. The van der Waals surface area contributed by atoms with Gasteiger partial charge in [0.1, 0.15) is 6.10 Å². The lowest BCUT2D eigenvalue weighted by molar-refractivity contribution is -0.384. The second-order valence-electron chi connectivity index (χ2n) is 3.90. The molecular weight excluding hydrogens is 240 g/mol. The van der Waals surface area contributed by atoms with Crippen LogP contribution in [0.15, 0.2) is 24.3 Å². The fourth-order valence-corrected chi connectivity index (χ4v) is 1.68. The maximum atomic E-state index is 11.7. The van der Waals surface area contributed by atoms with Gasteiger partial charge in [-0.05, 0) is 19.1 Å². The lowest BCUT2D eigenvalue weighted by Crippen LogP contribution is -2.45. The summed E-state index contributed by atoms with van der Waals surface area (Å²) in [4.78, 5) is 34.1. The number of rotatable bonds is 2. The van der Waals surface area contributed by atoms with E-state index >= 15 is 0 Å². The molecule has 0 spiro atoms. The molecule has 0 bridgehead atoms. The van der Waals surface area contributed by atoms with Gasteiger partial charge in [-0.25, -0.2) is 9.69 Å². The average molecular weight is 250 g/mol. The Bertz CT molecular complexity index is 493. The predicted octanol–water partition coefficient (Wildman–Crippen LogP) is 1.86. The third kappa shape index (κ3) is 2.15. The number of imide groups is 1. The standard InChI is InChI=1S/C11H10N2O5/c1-7-6-10(14)12(11(15)18-7)8-2-4-9(5-3-8)13(16)17/h2-5,7H,6H2,1H3. The van der Waals surface area contributed by atoms with Crippen LogP contribution in [0.25, 0.3) is 0 Å². The minimum Gasteiger partial charge on any atom is -0.445 e. The maximum Gasteiger partial charge on any atom is 0.421 e. The molecule has 0 radical (unpaired) electrons. The molecule has 0 aromatic heterocycles. The molecule has 1 aromatic carbocycles. The first kappa shape index (κ1) is 12.0. The summed E-state index contributed by atoms with van der Waals surface area (Å²) in [5.41, 5.74) is 0.160. The predicted molar refractivity (Wildman–Crippen MR) is 61.1 cm³/mol. The molecule has 2 amide bonds. The van der Waals surface area contributed by atoms with Crippen molar-refractivity contribution >= 4 is 23.4 Å². The summed E-state index contributed by atoms with van der Waals surface area (Å²) in [6, 6.07) is 5.14. The van der Waals surface area contributed by atoms with E-state index in [1.807, 2.05) is 0 Å². The Balaban J connectivity index is 2.28. The summed E-state index contributed by atoms with van der Waals surface area (Å²) in [5.74, 6) is -0.382. The highest BCUT2D eigenvalue weighted by molar-refractivity contribution is 6.13. The fraction of sp³-hybridized carbons (Fsp3) is 0.273. The highest BCUT2D eigenvalue weighted by atomic mass is 16.6. The molecule has 7 nitrogen and oxygen atoms in total. The number of nitro groups is 1. The zero-order valence-electron chi connectivity index (χ0n) is 9.53. The van der Waals surface area contributed by atoms with Crippen molar-refractivity contribution in [3.8, 4) is 0 Å². The first-order valence-electron chi connectivity index (χ1n) is 5.27. The Morgan fingerprint density at radius 1 is 1.33 bits per heavy atom. The number of amides is 2. The molecule has 94 valence electrons. The summed E-state index contributed by atoms with van der Waals surface area (Å²) in [6.07, 6.45) is -1.10. The number of cyclic esters (lactones) is 1. The normalized spacial score (nSPS) is 19.6. The van der Waals surface area contributed by atoms with E-state index in [4.69, 9.17) is 4.74 Å². The van der Waals surface area contributed by atoms with Crippen molar-refractivity contribution in [2.75, 3.05) is 4.90 Å². The molecule has 1 fully saturated rings. The van der Waals surface area contributed by atoms with Crippen molar-refractivity contribution in [1.82, 2.24) is 0 Å². The molecule has 0 aliphatic carbocycles. The molecule has 1 atom stereocenters. The van der Waals surface area contributed by atoms with Gasteiger partial charge in [0.05, 0.1) is 17.0 Å². The van der Waals surface area contributed by atoms with Crippen molar-refractivity contribution in [1.29, 1.82) is 0 Å².